The van der Waals surface area contributed by atoms with Crippen molar-refractivity contribution >= 4 is 23.0 Å². The minimum atomic E-state index is -4.91. The van der Waals surface area contributed by atoms with Crippen LogP contribution in [0.1, 0.15) is 23.4 Å². The monoisotopic (exact) mass is 423 g/mol. The number of amides is 1. The molecule has 0 saturated carbocycles. The van der Waals surface area contributed by atoms with Crippen LogP contribution in [0.4, 0.5) is 19.1 Å². The number of carbonyl (C=O) groups excluding carboxylic acids is 1. The number of aryl methyl sites for hydroxylation is 1. The number of benzene rings is 1. The molecule has 0 unspecified atom stereocenters. The number of ether oxygens (including phenoxy) is 1. The molecule has 12 heteroatoms. The standard InChI is InChI=1S/C18H20F3N7O2/c19-18(20,21)16(29)24-8-10-3-5-11(6-4-10)9-30-15-13-14(27-17(23)28-15)26-12(25-13)2-1-7-22/h3-6H,1-2,7-9,22H2,(H,24,29)(H3,23,25,26,27,28). The highest BCUT2D eigenvalue weighted by atomic mass is 19.4. The fourth-order valence-electron chi connectivity index (χ4n) is 2.61. The van der Waals surface area contributed by atoms with Crippen LogP contribution in [0.3, 0.4) is 0 Å². The summed E-state index contributed by atoms with van der Waals surface area (Å²) in [5.74, 6) is -1.04. The van der Waals surface area contributed by atoms with Crippen molar-refractivity contribution in [3.05, 3.63) is 41.2 Å². The zero-order valence-corrected chi connectivity index (χ0v) is 15.8. The molecule has 6 N–H and O–H groups in total. The lowest BCUT2D eigenvalue weighted by Crippen LogP contribution is -2.36. The van der Waals surface area contributed by atoms with Gasteiger partial charge in [-0.2, -0.15) is 23.1 Å². The van der Waals surface area contributed by atoms with E-state index < -0.39 is 12.1 Å². The van der Waals surface area contributed by atoms with Gasteiger partial charge in [-0.1, -0.05) is 24.3 Å². The number of nitrogen functional groups attached to an aromatic ring is 1. The average molecular weight is 423 g/mol. The van der Waals surface area contributed by atoms with Crippen LogP contribution in [-0.4, -0.2) is 38.6 Å². The number of hydrogen-bond donors (Lipinski definition) is 4. The molecule has 0 aliphatic heterocycles. The normalized spacial score (nSPS) is 11.6. The number of halogens is 3. The predicted molar refractivity (Wildman–Crippen MR) is 102 cm³/mol. The first-order valence-electron chi connectivity index (χ1n) is 9.04. The number of imidazole rings is 1. The molecule has 0 spiro atoms. The molecule has 2 heterocycles. The molecule has 9 nitrogen and oxygen atoms in total. The summed E-state index contributed by atoms with van der Waals surface area (Å²) in [6, 6.07) is 6.54. The third-order valence-electron chi connectivity index (χ3n) is 4.11. The number of aromatic amines is 1. The fraction of sp³-hybridized carbons (Fsp3) is 0.333. The van der Waals surface area contributed by atoms with E-state index in [-0.39, 0.29) is 25.0 Å². The van der Waals surface area contributed by atoms with Gasteiger partial charge in [-0.15, -0.1) is 0 Å². The molecule has 0 bridgehead atoms. The second-order valence-corrected chi connectivity index (χ2v) is 6.45. The summed E-state index contributed by atoms with van der Waals surface area (Å²) < 4.78 is 42.4. The third-order valence-corrected chi connectivity index (χ3v) is 4.11. The number of hydrogen-bond acceptors (Lipinski definition) is 7. The number of rotatable bonds is 8. The molecule has 1 amide bonds. The minimum Gasteiger partial charge on any atom is -0.471 e. The first-order chi connectivity index (χ1) is 14.3. The van der Waals surface area contributed by atoms with Crippen LogP contribution in [0.5, 0.6) is 5.88 Å². The van der Waals surface area contributed by atoms with Gasteiger partial charge in [0, 0.05) is 13.0 Å². The Morgan fingerprint density at radius 2 is 1.83 bits per heavy atom. The van der Waals surface area contributed by atoms with E-state index in [1.165, 1.54) is 0 Å². The van der Waals surface area contributed by atoms with Gasteiger partial charge in [0.2, 0.25) is 11.8 Å². The quantitative estimate of drug-likeness (QED) is 0.430. The number of anilines is 1. The maximum Gasteiger partial charge on any atom is 0.471 e. The van der Waals surface area contributed by atoms with Crippen molar-refractivity contribution in [3.63, 3.8) is 0 Å². The van der Waals surface area contributed by atoms with Gasteiger partial charge in [0.25, 0.3) is 0 Å². The zero-order chi connectivity index (χ0) is 21.7. The summed E-state index contributed by atoms with van der Waals surface area (Å²) in [6.07, 6.45) is -3.50. The lowest BCUT2D eigenvalue weighted by atomic mass is 10.1. The lowest BCUT2D eigenvalue weighted by Gasteiger charge is -2.09. The van der Waals surface area contributed by atoms with E-state index in [0.717, 1.165) is 12.0 Å². The lowest BCUT2D eigenvalue weighted by molar-refractivity contribution is -0.173. The Kier molecular flexibility index (Phi) is 6.35. The molecule has 0 atom stereocenters. The second kappa shape index (κ2) is 8.95. The highest BCUT2D eigenvalue weighted by molar-refractivity contribution is 5.81. The van der Waals surface area contributed by atoms with Gasteiger partial charge >= 0.3 is 12.1 Å². The Morgan fingerprint density at radius 1 is 1.13 bits per heavy atom. The SMILES string of the molecule is NCCCc1nc2c(OCc3ccc(CNC(=O)C(F)(F)F)cc3)nc(N)nc2[nH]1. The maximum atomic E-state index is 12.2. The van der Waals surface area contributed by atoms with Crippen molar-refractivity contribution in [2.24, 2.45) is 5.73 Å². The summed E-state index contributed by atoms with van der Waals surface area (Å²) in [5, 5.41) is 1.81. The highest BCUT2D eigenvalue weighted by Crippen LogP contribution is 2.23. The Labute approximate surface area is 169 Å². The zero-order valence-electron chi connectivity index (χ0n) is 15.8. The molecular formula is C18H20F3N7O2. The van der Waals surface area contributed by atoms with Gasteiger partial charge in [-0.3, -0.25) is 4.79 Å². The maximum absolute atomic E-state index is 12.2. The van der Waals surface area contributed by atoms with Crippen molar-refractivity contribution < 1.29 is 22.7 Å². The van der Waals surface area contributed by atoms with Crippen molar-refractivity contribution in [2.75, 3.05) is 12.3 Å². The molecule has 30 heavy (non-hydrogen) atoms. The van der Waals surface area contributed by atoms with Gasteiger partial charge in [0.1, 0.15) is 12.4 Å². The van der Waals surface area contributed by atoms with Crippen molar-refractivity contribution in [1.82, 2.24) is 25.3 Å². The number of alkyl halides is 3. The van der Waals surface area contributed by atoms with Crippen LogP contribution in [0.15, 0.2) is 24.3 Å². The van der Waals surface area contributed by atoms with Crippen LogP contribution in [0.2, 0.25) is 0 Å². The number of aromatic nitrogens is 4. The van der Waals surface area contributed by atoms with E-state index in [9.17, 15) is 18.0 Å². The van der Waals surface area contributed by atoms with Crippen LogP contribution in [0, 0.1) is 0 Å². The summed E-state index contributed by atoms with van der Waals surface area (Å²) in [7, 11) is 0. The van der Waals surface area contributed by atoms with E-state index in [2.05, 4.69) is 19.9 Å². The highest BCUT2D eigenvalue weighted by Gasteiger charge is 2.38. The van der Waals surface area contributed by atoms with Gasteiger partial charge < -0.3 is 26.5 Å². The first kappa shape index (κ1) is 21.3. The largest absolute Gasteiger partial charge is 0.471 e. The Balaban J connectivity index is 1.64. The van der Waals surface area contributed by atoms with Crippen molar-refractivity contribution in [1.29, 1.82) is 0 Å². The Morgan fingerprint density at radius 3 is 2.50 bits per heavy atom. The number of carbonyl (C=O) groups is 1. The van der Waals surface area contributed by atoms with Gasteiger partial charge in [0.15, 0.2) is 11.2 Å². The fourth-order valence-corrected chi connectivity index (χ4v) is 2.61. The number of nitrogens with zero attached hydrogens (tertiary/aromatic N) is 3. The van der Waals surface area contributed by atoms with E-state index in [0.29, 0.717) is 35.5 Å². The van der Waals surface area contributed by atoms with Crippen LogP contribution < -0.4 is 21.5 Å². The summed E-state index contributed by atoms with van der Waals surface area (Å²) in [6.45, 7) is 0.428. The predicted octanol–water partition coefficient (Wildman–Crippen LogP) is 1.58. The van der Waals surface area contributed by atoms with Crippen molar-refractivity contribution in [2.45, 2.75) is 32.2 Å². The molecule has 0 radical (unpaired) electrons. The van der Waals surface area contributed by atoms with Crippen LogP contribution in [-0.2, 0) is 24.4 Å². The van der Waals surface area contributed by atoms with E-state index in [4.69, 9.17) is 16.2 Å². The van der Waals surface area contributed by atoms with Crippen LogP contribution in [0.25, 0.3) is 11.2 Å². The molecule has 1 aromatic carbocycles. The van der Waals surface area contributed by atoms with E-state index in [1.54, 1.807) is 24.3 Å². The number of H-pyrrole nitrogens is 1. The van der Waals surface area contributed by atoms with E-state index >= 15 is 0 Å². The molecule has 160 valence electrons. The van der Waals surface area contributed by atoms with Gasteiger partial charge in [0.05, 0.1) is 0 Å². The molecule has 0 saturated heterocycles. The number of nitrogens with one attached hydrogen (secondary N) is 2. The molecule has 0 aliphatic carbocycles. The number of nitrogens with two attached hydrogens (primary N) is 2. The molecule has 3 rings (SSSR count). The van der Waals surface area contributed by atoms with Gasteiger partial charge in [-0.25, -0.2) is 4.98 Å². The summed E-state index contributed by atoms with van der Waals surface area (Å²) >= 11 is 0. The Hall–Kier alpha value is -3.41. The summed E-state index contributed by atoms with van der Waals surface area (Å²) in [5.41, 5.74) is 13.4. The van der Waals surface area contributed by atoms with Crippen LogP contribution >= 0.6 is 0 Å². The smallest absolute Gasteiger partial charge is 0.471 e. The molecular weight excluding hydrogens is 403 g/mol. The average Bonchev–Trinajstić information content (AvgIpc) is 3.11. The molecule has 0 aliphatic rings. The minimum absolute atomic E-state index is 0.0299. The van der Waals surface area contributed by atoms with E-state index in [1.807, 2.05) is 5.32 Å². The topological polar surface area (TPSA) is 145 Å². The molecule has 0 fully saturated rings. The Bertz CT molecular complexity index is 1020. The molecule has 3 aromatic rings. The third kappa shape index (κ3) is 5.35. The first-order valence-corrected chi connectivity index (χ1v) is 9.04. The second-order valence-electron chi connectivity index (χ2n) is 6.45. The summed E-state index contributed by atoms with van der Waals surface area (Å²) in [4.78, 5) is 26.5. The van der Waals surface area contributed by atoms with Gasteiger partial charge in [-0.05, 0) is 24.1 Å². The molecule has 2 aromatic heterocycles. The van der Waals surface area contributed by atoms with Crippen molar-refractivity contribution in [3.8, 4) is 5.88 Å². The number of fused-ring (bicyclic) bond motifs is 1.